The van der Waals surface area contributed by atoms with E-state index in [0.29, 0.717) is 0 Å². The first kappa shape index (κ1) is 25.0. The fraction of sp³-hybridized carbons (Fsp3) is 0. The number of nitrogens with zero attached hydrogens (tertiary/aromatic N) is 4. The van der Waals surface area contributed by atoms with Gasteiger partial charge < -0.3 is 4.42 Å². The van der Waals surface area contributed by atoms with Crippen molar-refractivity contribution in [1.82, 2.24) is 19.6 Å². The summed E-state index contributed by atoms with van der Waals surface area (Å²) in [6.07, 6.45) is 0. The lowest BCUT2D eigenvalue weighted by molar-refractivity contribution is 0.669. The highest BCUT2D eigenvalue weighted by molar-refractivity contribution is 6.28. The molecule has 0 aliphatic carbocycles. The van der Waals surface area contributed by atoms with Crippen molar-refractivity contribution in [3.05, 3.63) is 146 Å². The molecule has 0 unspecified atom stereocenters. The Morgan fingerprint density at radius 2 is 1.15 bits per heavy atom. The molecule has 0 saturated carbocycles. The van der Waals surface area contributed by atoms with E-state index in [-0.39, 0.29) is 0 Å². The molecule has 10 rings (SSSR count). The molecule has 0 amide bonds. The first-order chi connectivity index (χ1) is 22.8. The highest BCUT2D eigenvalue weighted by Crippen LogP contribution is 2.41. The van der Waals surface area contributed by atoms with E-state index >= 15 is 0 Å². The van der Waals surface area contributed by atoms with E-state index in [2.05, 4.69) is 103 Å². The smallest absolute Gasteiger partial charge is 0.161 e. The van der Waals surface area contributed by atoms with Crippen LogP contribution in [-0.2, 0) is 0 Å². The molecule has 10 aromatic rings. The van der Waals surface area contributed by atoms with Gasteiger partial charge in [-0.25, -0.2) is 14.5 Å². The van der Waals surface area contributed by atoms with Gasteiger partial charge in [0.05, 0.1) is 27.9 Å². The van der Waals surface area contributed by atoms with E-state index in [1.807, 2.05) is 47.0 Å². The first-order valence-electron chi connectivity index (χ1n) is 15.4. The first-order valence-corrected chi connectivity index (χ1v) is 15.4. The van der Waals surface area contributed by atoms with Crippen molar-refractivity contribution < 1.29 is 4.42 Å². The van der Waals surface area contributed by atoms with Gasteiger partial charge in [0.1, 0.15) is 11.2 Å². The molecule has 4 aromatic heterocycles. The summed E-state index contributed by atoms with van der Waals surface area (Å²) in [6.45, 7) is 0. The van der Waals surface area contributed by atoms with Gasteiger partial charge in [-0.3, -0.25) is 0 Å². The lowest BCUT2D eigenvalue weighted by atomic mass is 9.95. The van der Waals surface area contributed by atoms with Crippen LogP contribution in [0.2, 0.25) is 0 Å². The Morgan fingerprint density at radius 1 is 0.457 bits per heavy atom. The topological polar surface area (TPSA) is 56.2 Å². The molecule has 0 spiro atoms. The minimum absolute atomic E-state index is 0.783. The molecule has 0 bridgehead atoms. The fourth-order valence-electron chi connectivity index (χ4n) is 6.90. The molecule has 0 N–H and O–H groups in total. The maximum atomic E-state index is 6.30. The molecule has 5 heteroatoms. The average molecular weight is 589 g/mol. The second-order valence-corrected chi connectivity index (χ2v) is 11.7. The van der Waals surface area contributed by atoms with Crippen molar-refractivity contribution >= 4 is 60.0 Å². The van der Waals surface area contributed by atoms with Gasteiger partial charge in [-0.05, 0) is 42.5 Å². The molecule has 6 aromatic carbocycles. The summed E-state index contributed by atoms with van der Waals surface area (Å²) in [7, 11) is 0. The molecule has 0 saturated heterocycles. The number of pyridine rings is 1. The van der Waals surface area contributed by atoms with Gasteiger partial charge in [-0.1, -0.05) is 103 Å². The number of aromatic nitrogens is 4. The van der Waals surface area contributed by atoms with Gasteiger partial charge >= 0.3 is 0 Å². The summed E-state index contributed by atoms with van der Waals surface area (Å²) < 4.78 is 8.29. The van der Waals surface area contributed by atoms with Crippen molar-refractivity contribution in [2.24, 2.45) is 0 Å². The van der Waals surface area contributed by atoms with E-state index < -0.39 is 0 Å². The lowest BCUT2D eigenvalue weighted by Crippen LogP contribution is -1.99. The van der Waals surface area contributed by atoms with Crippen molar-refractivity contribution in [2.45, 2.75) is 0 Å². The lowest BCUT2D eigenvalue weighted by Gasteiger charge is -2.13. The maximum absolute atomic E-state index is 6.30. The number of hydrogen-bond acceptors (Lipinski definition) is 4. The minimum Gasteiger partial charge on any atom is -0.456 e. The summed E-state index contributed by atoms with van der Waals surface area (Å²) in [5.74, 6) is 0.783. The fourth-order valence-corrected chi connectivity index (χ4v) is 6.90. The molecule has 0 atom stereocenters. The zero-order valence-corrected chi connectivity index (χ0v) is 24.6. The van der Waals surface area contributed by atoms with Gasteiger partial charge in [0.25, 0.3) is 0 Å². The quantitative estimate of drug-likeness (QED) is 0.193. The molecule has 4 heterocycles. The van der Waals surface area contributed by atoms with E-state index in [9.17, 15) is 0 Å². The normalized spacial score (nSPS) is 11.9. The van der Waals surface area contributed by atoms with Gasteiger partial charge in [0.2, 0.25) is 0 Å². The third kappa shape index (κ3) is 3.66. The second kappa shape index (κ2) is 9.58. The number of furan rings is 1. The van der Waals surface area contributed by atoms with Crippen LogP contribution in [0.25, 0.3) is 93.9 Å². The van der Waals surface area contributed by atoms with Crippen LogP contribution < -0.4 is 0 Å². The van der Waals surface area contributed by atoms with Crippen LogP contribution in [0.5, 0.6) is 0 Å². The zero-order valence-electron chi connectivity index (χ0n) is 24.6. The predicted octanol–water partition coefficient (Wildman–Crippen LogP) is 10.5. The summed E-state index contributed by atoms with van der Waals surface area (Å²) in [5.41, 5.74) is 9.54. The van der Waals surface area contributed by atoms with Gasteiger partial charge in [-0.15, -0.1) is 0 Å². The van der Waals surface area contributed by atoms with E-state index in [1.165, 1.54) is 0 Å². The molecular weight excluding hydrogens is 564 g/mol. The van der Waals surface area contributed by atoms with E-state index in [4.69, 9.17) is 19.5 Å². The van der Waals surface area contributed by atoms with Crippen molar-refractivity contribution in [3.63, 3.8) is 0 Å². The highest BCUT2D eigenvalue weighted by Gasteiger charge is 2.19. The molecule has 0 aliphatic rings. The Labute approximate surface area is 263 Å². The van der Waals surface area contributed by atoms with Crippen LogP contribution in [-0.4, -0.2) is 19.6 Å². The van der Waals surface area contributed by atoms with Gasteiger partial charge in [-0.2, -0.15) is 5.10 Å². The Bertz CT molecular complexity index is 2810. The maximum Gasteiger partial charge on any atom is 0.161 e. The van der Waals surface area contributed by atoms with Crippen LogP contribution in [0.3, 0.4) is 0 Å². The third-order valence-corrected chi connectivity index (χ3v) is 8.98. The van der Waals surface area contributed by atoms with Crippen LogP contribution in [0, 0.1) is 0 Å². The van der Waals surface area contributed by atoms with Crippen molar-refractivity contribution in [1.29, 1.82) is 0 Å². The summed E-state index contributed by atoms with van der Waals surface area (Å²) >= 11 is 0. The second-order valence-electron chi connectivity index (χ2n) is 11.7. The highest BCUT2D eigenvalue weighted by atomic mass is 16.3. The molecular formula is C41H24N4O. The molecule has 0 radical (unpaired) electrons. The largest absolute Gasteiger partial charge is 0.456 e. The predicted molar refractivity (Wildman–Crippen MR) is 187 cm³/mol. The Kier molecular flexibility index (Phi) is 5.22. The van der Waals surface area contributed by atoms with Gasteiger partial charge in [0, 0.05) is 49.0 Å². The monoisotopic (exact) mass is 588 g/mol. The average Bonchev–Trinajstić information content (AvgIpc) is 3.74. The summed E-state index contributed by atoms with van der Waals surface area (Å²) in [6, 6.07) is 50.1. The van der Waals surface area contributed by atoms with Crippen LogP contribution in [0.1, 0.15) is 0 Å². The third-order valence-electron chi connectivity index (χ3n) is 8.98. The molecule has 46 heavy (non-hydrogen) atoms. The van der Waals surface area contributed by atoms with Gasteiger partial charge in [0.15, 0.2) is 5.82 Å². The Morgan fingerprint density at radius 3 is 2.02 bits per heavy atom. The van der Waals surface area contributed by atoms with Crippen LogP contribution in [0.15, 0.2) is 150 Å². The molecule has 0 aliphatic heterocycles. The molecule has 214 valence electrons. The zero-order chi connectivity index (χ0) is 30.2. The Hall–Kier alpha value is -6.33. The van der Waals surface area contributed by atoms with Crippen molar-refractivity contribution in [3.8, 4) is 33.9 Å². The Balaban J connectivity index is 1.25. The SMILES string of the molecule is c1ccc(-c2cc3c4ccccc4nc(-c4cccc(-c5nc6ccccc6c6c5ccc5oc7ccccc7c56)c4)n3n2)cc1. The van der Waals surface area contributed by atoms with E-state index in [1.54, 1.807) is 0 Å². The summed E-state index contributed by atoms with van der Waals surface area (Å²) in [5, 5.41) is 11.7. The number of fused-ring (bicyclic) bond motifs is 10. The number of benzene rings is 6. The van der Waals surface area contributed by atoms with Crippen LogP contribution in [0.4, 0.5) is 0 Å². The summed E-state index contributed by atoms with van der Waals surface area (Å²) in [4.78, 5) is 10.4. The number of hydrogen-bond donors (Lipinski definition) is 0. The molecule has 0 fully saturated rings. The minimum atomic E-state index is 0.783. The number of para-hydroxylation sites is 3. The van der Waals surface area contributed by atoms with Crippen molar-refractivity contribution in [2.75, 3.05) is 0 Å². The standard InChI is InChI=1S/C41H24N4O/c1-2-11-25(12-3-1)34-24-35-28-15-4-7-18-32(28)43-41(45(35)44-34)27-14-10-13-26(23-27)40-31-21-22-37-39(30-17-6-9-20-36(30)46-37)38(31)29-16-5-8-19-33(29)42-40/h1-24H. The number of rotatable bonds is 3. The molecule has 5 nitrogen and oxygen atoms in total. The van der Waals surface area contributed by atoms with Crippen LogP contribution >= 0.6 is 0 Å². The van der Waals surface area contributed by atoms with E-state index in [0.717, 1.165) is 93.9 Å².